The lowest BCUT2D eigenvalue weighted by atomic mass is 9.98. The Morgan fingerprint density at radius 2 is 1.49 bits per heavy atom. The summed E-state index contributed by atoms with van der Waals surface area (Å²) in [6, 6.07) is 30.8. The minimum atomic E-state index is -0.668. The molecule has 2 heterocycles. The summed E-state index contributed by atoms with van der Waals surface area (Å²) in [7, 11) is 0. The number of para-hydroxylation sites is 2. The number of anilines is 1. The number of carbonyl (C=O) groups excluding carboxylic acids is 1. The molecule has 4 aromatic carbocycles. The second-order valence-electron chi connectivity index (χ2n) is 8.22. The first-order valence-corrected chi connectivity index (χ1v) is 11.9. The van der Waals surface area contributed by atoms with Crippen LogP contribution in [0.1, 0.15) is 27.7 Å². The van der Waals surface area contributed by atoms with Crippen LogP contribution in [0, 0.1) is 0 Å². The molecule has 0 fully saturated rings. The molecule has 1 aliphatic rings. The smallest absolute Gasteiger partial charge is 0.295 e. The van der Waals surface area contributed by atoms with Gasteiger partial charge in [-0.1, -0.05) is 64.5 Å². The molecule has 6 heteroatoms. The van der Waals surface area contributed by atoms with Crippen molar-refractivity contribution < 1.29 is 13.9 Å². The first kappa shape index (κ1) is 21.4. The number of hydrogen-bond donors (Lipinski definition) is 0. The Morgan fingerprint density at radius 3 is 2.26 bits per heavy atom. The first-order valence-electron chi connectivity index (χ1n) is 11.1. The Balaban J connectivity index is 1.56. The number of rotatable bonds is 4. The largest absolute Gasteiger partial charge is 0.457 e. The fourth-order valence-electron chi connectivity index (χ4n) is 4.49. The molecule has 6 rings (SSSR count). The molecule has 1 aromatic heterocycles. The van der Waals surface area contributed by atoms with Crippen LogP contribution < -0.4 is 15.1 Å². The fraction of sp³-hybridized carbons (Fsp3) is 0.0345. The highest BCUT2D eigenvalue weighted by Crippen LogP contribution is 2.42. The van der Waals surface area contributed by atoms with Crippen LogP contribution in [0.2, 0.25) is 0 Å². The molecular weight excluding hydrogens is 506 g/mol. The van der Waals surface area contributed by atoms with Crippen LogP contribution in [0.4, 0.5) is 5.69 Å². The van der Waals surface area contributed by atoms with E-state index >= 15 is 0 Å². The zero-order valence-corrected chi connectivity index (χ0v) is 19.9. The summed E-state index contributed by atoms with van der Waals surface area (Å²) < 4.78 is 12.8. The van der Waals surface area contributed by atoms with E-state index in [9.17, 15) is 9.59 Å². The highest BCUT2D eigenvalue weighted by atomic mass is 79.9. The number of fused-ring (bicyclic) bond motifs is 2. The van der Waals surface area contributed by atoms with Crippen molar-refractivity contribution in [3.8, 4) is 11.5 Å². The van der Waals surface area contributed by atoms with Crippen molar-refractivity contribution in [2.45, 2.75) is 6.04 Å². The predicted molar refractivity (Wildman–Crippen MR) is 138 cm³/mol. The lowest BCUT2D eigenvalue weighted by Crippen LogP contribution is -2.29. The van der Waals surface area contributed by atoms with Gasteiger partial charge in [-0.05, 0) is 60.2 Å². The Hall–Kier alpha value is -4.16. The van der Waals surface area contributed by atoms with Crippen LogP contribution in [0.3, 0.4) is 0 Å². The van der Waals surface area contributed by atoms with Crippen molar-refractivity contribution >= 4 is 38.5 Å². The summed E-state index contributed by atoms with van der Waals surface area (Å²) >= 11 is 3.43. The molecule has 0 N–H and O–H groups in total. The molecule has 0 spiro atoms. The molecule has 0 aliphatic carbocycles. The van der Waals surface area contributed by atoms with Gasteiger partial charge in [-0.25, -0.2) is 0 Å². The van der Waals surface area contributed by atoms with Crippen molar-refractivity contribution in [3.05, 3.63) is 135 Å². The lowest BCUT2D eigenvalue weighted by molar-refractivity contribution is 0.0971. The molecule has 5 nitrogen and oxygen atoms in total. The van der Waals surface area contributed by atoms with Crippen molar-refractivity contribution in [1.82, 2.24) is 0 Å². The number of ether oxygens (including phenoxy) is 1. The van der Waals surface area contributed by atoms with Gasteiger partial charge in [-0.2, -0.15) is 0 Å². The van der Waals surface area contributed by atoms with Gasteiger partial charge in [-0.3, -0.25) is 14.5 Å². The van der Waals surface area contributed by atoms with E-state index in [4.69, 9.17) is 9.15 Å². The molecule has 0 bridgehead atoms. The molecular formula is C29H18BrNO4. The summed E-state index contributed by atoms with van der Waals surface area (Å²) in [4.78, 5) is 29.1. The van der Waals surface area contributed by atoms with E-state index in [1.54, 1.807) is 23.1 Å². The zero-order chi connectivity index (χ0) is 23.9. The number of carbonyl (C=O) groups is 1. The molecule has 35 heavy (non-hydrogen) atoms. The van der Waals surface area contributed by atoms with Crippen LogP contribution in [-0.4, -0.2) is 5.91 Å². The molecule has 0 radical (unpaired) electrons. The van der Waals surface area contributed by atoms with Gasteiger partial charge in [0, 0.05) is 10.2 Å². The van der Waals surface area contributed by atoms with Crippen molar-refractivity contribution in [2.24, 2.45) is 0 Å². The molecule has 0 saturated carbocycles. The maximum atomic E-state index is 13.8. The Labute approximate surface area is 209 Å². The Morgan fingerprint density at radius 1 is 0.771 bits per heavy atom. The zero-order valence-electron chi connectivity index (χ0n) is 18.4. The van der Waals surface area contributed by atoms with E-state index in [0.29, 0.717) is 33.7 Å². The third-order valence-corrected chi connectivity index (χ3v) is 6.51. The minimum Gasteiger partial charge on any atom is -0.457 e. The van der Waals surface area contributed by atoms with Gasteiger partial charge >= 0.3 is 0 Å². The highest BCUT2D eigenvalue weighted by molar-refractivity contribution is 9.10. The molecule has 1 amide bonds. The maximum absolute atomic E-state index is 13.8. The van der Waals surface area contributed by atoms with Gasteiger partial charge in [0.25, 0.3) is 5.91 Å². The van der Waals surface area contributed by atoms with Crippen molar-refractivity contribution in [1.29, 1.82) is 0 Å². The van der Waals surface area contributed by atoms with E-state index in [1.165, 1.54) is 0 Å². The van der Waals surface area contributed by atoms with Gasteiger partial charge in [-0.15, -0.1) is 0 Å². The number of nitrogens with zero attached hydrogens (tertiary/aromatic N) is 1. The molecule has 5 aromatic rings. The number of amides is 1. The van der Waals surface area contributed by atoms with Crippen LogP contribution in [-0.2, 0) is 0 Å². The van der Waals surface area contributed by atoms with Crippen LogP contribution in [0.5, 0.6) is 11.5 Å². The van der Waals surface area contributed by atoms with Gasteiger partial charge in [0.15, 0.2) is 5.43 Å². The summed E-state index contributed by atoms with van der Waals surface area (Å²) in [6.45, 7) is 0. The average Bonchev–Trinajstić information content (AvgIpc) is 3.18. The average molecular weight is 524 g/mol. The van der Waals surface area contributed by atoms with Crippen LogP contribution >= 0.6 is 15.9 Å². The molecule has 1 unspecified atom stereocenters. The van der Waals surface area contributed by atoms with Crippen molar-refractivity contribution in [2.75, 3.05) is 4.90 Å². The standard InChI is InChI=1S/C29H18BrNO4/c30-19-14-15-24-23(17-19)27(32)25-26(31(29(33)28(25)35-24)20-9-3-1-4-10-20)18-8-7-13-22(16-18)34-21-11-5-2-6-12-21/h1-17,26H. The molecule has 170 valence electrons. The van der Waals surface area contributed by atoms with Crippen molar-refractivity contribution in [3.63, 3.8) is 0 Å². The van der Waals surface area contributed by atoms with Gasteiger partial charge in [0.1, 0.15) is 17.1 Å². The van der Waals surface area contributed by atoms with Gasteiger partial charge in [0.05, 0.1) is 17.0 Å². The van der Waals surface area contributed by atoms with E-state index < -0.39 is 6.04 Å². The molecule has 0 saturated heterocycles. The number of hydrogen-bond acceptors (Lipinski definition) is 4. The Kier molecular flexibility index (Phi) is 5.23. The van der Waals surface area contributed by atoms with Crippen LogP contribution in [0.25, 0.3) is 11.0 Å². The van der Waals surface area contributed by atoms with E-state index in [-0.39, 0.29) is 17.1 Å². The monoisotopic (exact) mass is 523 g/mol. The summed E-state index contributed by atoms with van der Waals surface area (Å²) in [5.74, 6) is 1.01. The predicted octanol–water partition coefficient (Wildman–Crippen LogP) is 7.10. The molecule has 1 aliphatic heterocycles. The molecule has 1 atom stereocenters. The number of halogens is 1. The quantitative estimate of drug-likeness (QED) is 0.252. The third kappa shape index (κ3) is 3.72. The lowest BCUT2D eigenvalue weighted by Gasteiger charge is -2.25. The second-order valence-corrected chi connectivity index (χ2v) is 9.13. The first-order chi connectivity index (χ1) is 17.1. The topological polar surface area (TPSA) is 59.8 Å². The highest BCUT2D eigenvalue weighted by Gasteiger charge is 2.43. The minimum absolute atomic E-state index is 0.0630. The number of benzene rings is 4. The van der Waals surface area contributed by atoms with Gasteiger partial charge < -0.3 is 9.15 Å². The normalized spacial score (nSPS) is 14.8. The van der Waals surface area contributed by atoms with Crippen LogP contribution in [0.15, 0.2) is 117 Å². The summed E-state index contributed by atoms with van der Waals surface area (Å²) in [5, 5.41) is 0.419. The Bertz CT molecular complexity index is 1630. The van der Waals surface area contributed by atoms with Gasteiger partial charge in [0.2, 0.25) is 5.76 Å². The summed E-state index contributed by atoms with van der Waals surface area (Å²) in [5.41, 5.74) is 1.89. The second kappa shape index (κ2) is 8.56. The summed E-state index contributed by atoms with van der Waals surface area (Å²) in [6.07, 6.45) is 0. The van der Waals surface area contributed by atoms with E-state index in [2.05, 4.69) is 15.9 Å². The third-order valence-electron chi connectivity index (χ3n) is 6.02. The van der Waals surface area contributed by atoms with E-state index in [1.807, 2.05) is 84.9 Å². The maximum Gasteiger partial charge on any atom is 0.295 e. The SMILES string of the molecule is O=C1c2oc3ccc(Br)cc3c(=O)c2C(c2cccc(Oc3ccccc3)c2)N1c1ccccc1. The van der Waals surface area contributed by atoms with E-state index in [0.717, 1.165) is 10.0 Å². The fourth-order valence-corrected chi connectivity index (χ4v) is 4.85.